The number of nitrogens with zero attached hydrogens (tertiary/aromatic N) is 3. The van der Waals surface area contributed by atoms with Crippen LogP contribution in [-0.4, -0.2) is 56.0 Å². The average Bonchev–Trinajstić information content (AvgIpc) is 2.52. The molecule has 1 aliphatic rings. The molecule has 1 saturated heterocycles. The van der Waals surface area contributed by atoms with Crippen LogP contribution in [0.2, 0.25) is 0 Å². The summed E-state index contributed by atoms with van der Waals surface area (Å²) in [5.41, 5.74) is 0.970. The fraction of sp³-hybridized carbons (Fsp3) is 0.500. The minimum atomic E-state index is -5.84. The first-order valence-corrected chi connectivity index (χ1v) is 8.74. The Morgan fingerprint density at radius 3 is 2.24 bits per heavy atom. The molecule has 1 fully saturated rings. The van der Waals surface area contributed by atoms with E-state index in [2.05, 4.69) is 4.98 Å². The largest absolute Gasteiger partial charge is 0.457 e. The van der Waals surface area contributed by atoms with Gasteiger partial charge in [0.2, 0.25) is 10.0 Å². The van der Waals surface area contributed by atoms with Crippen molar-refractivity contribution in [2.75, 3.05) is 31.1 Å². The van der Waals surface area contributed by atoms with Gasteiger partial charge in [0.15, 0.2) is 0 Å². The number of alkyl halides is 5. The molecule has 0 spiro atoms. The summed E-state index contributed by atoms with van der Waals surface area (Å²) >= 11 is 0. The van der Waals surface area contributed by atoms with Gasteiger partial charge in [-0.2, -0.15) is 26.3 Å². The number of anilines is 1. The van der Waals surface area contributed by atoms with Crippen molar-refractivity contribution < 1.29 is 30.4 Å². The predicted octanol–water partition coefficient (Wildman–Crippen LogP) is 2.55. The second-order valence-corrected chi connectivity index (χ2v) is 7.36. The van der Waals surface area contributed by atoms with E-state index in [1.807, 2.05) is 17.9 Å². The van der Waals surface area contributed by atoms with Crippen LogP contribution < -0.4 is 4.90 Å². The maximum Gasteiger partial charge on any atom is 0.457 e. The van der Waals surface area contributed by atoms with Crippen molar-refractivity contribution >= 4 is 15.8 Å². The Balaban J connectivity index is 2.04. The van der Waals surface area contributed by atoms with Crippen LogP contribution in [0.5, 0.6) is 0 Å². The van der Waals surface area contributed by atoms with E-state index in [9.17, 15) is 30.4 Å². The minimum Gasteiger partial charge on any atom is -0.354 e. The molecule has 2 rings (SSSR count). The summed E-state index contributed by atoms with van der Waals surface area (Å²) < 4.78 is 86.8. The Kier molecular flexibility index (Phi) is 5.38. The lowest BCUT2D eigenvalue weighted by molar-refractivity contribution is -0.259. The number of rotatable bonds is 4. The van der Waals surface area contributed by atoms with Crippen LogP contribution in [-0.2, 0) is 10.0 Å². The molecule has 1 aromatic heterocycles. The number of allylic oxidation sites excluding steroid dienone is 1. The van der Waals surface area contributed by atoms with Gasteiger partial charge in [-0.15, -0.1) is 0 Å². The highest BCUT2D eigenvalue weighted by molar-refractivity contribution is 7.92. The normalized spacial score (nSPS) is 18.1. The van der Waals surface area contributed by atoms with Gasteiger partial charge in [-0.05, 0) is 24.6 Å². The molecule has 25 heavy (non-hydrogen) atoms. The second kappa shape index (κ2) is 6.87. The molecule has 0 amide bonds. The third kappa shape index (κ3) is 4.66. The van der Waals surface area contributed by atoms with Crippen molar-refractivity contribution in [1.82, 2.24) is 9.29 Å². The molecule has 140 valence electrons. The number of aryl methyl sites for hydroxylation is 1. The van der Waals surface area contributed by atoms with Gasteiger partial charge in [0.1, 0.15) is 5.82 Å². The first-order chi connectivity index (χ1) is 11.4. The number of aromatic nitrogens is 1. The number of hydrogen-bond donors (Lipinski definition) is 0. The fourth-order valence-electron chi connectivity index (χ4n) is 2.22. The molecule has 0 aliphatic carbocycles. The van der Waals surface area contributed by atoms with Crippen LogP contribution in [0.15, 0.2) is 29.8 Å². The number of sulfonamides is 1. The monoisotopic (exact) mass is 385 g/mol. The molecular formula is C14H16F5N3O2S. The Bertz CT molecular complexity index is 741. The summed E-state index contributed by atoms with van der Waals surface area (Å²) in [5, 5.41) is -0.0823. The SMILES string of the molecule is Cc1ccnc(N2CCN(S(=O)(=O)C=CC(F)(F)C(F)(F)F)CC2)c1. The van der Waals surface area contributed by atoms with Gasteiger partial charge < -0.3 is 4.90 Å². The zero-order valence-electron chi connectivity index (χ0n) is 13.2. The van der Waals surface area contributed by atoms with Crippen molar-refractivity contribution in [1.29, 1.82) is 0 Å². The van der Waals surface area contributed by atoms with Crippen LogP contribution >= 0.6 is 0 Å². The summed E-state index contributed by atoms with van der Waals surface area (Å²) in [7, 11) is -4.36. The smallest absolute Gasteiger partial charge is 0.354 e. The average molecular weight is 385 g/mol. The maximum atomic E-state index is 12.8. The third-order valence-corrected chi connectivity index (χ3v) is 5.22. The molecule has 2 heterocycles. The van der Waals surface area contributed by atoms with E-state index in [4.69, 9.17) is 0 Å². The quantitative estimate of drug-likeness (QED) is 0.748. The molecule has 0 bridgehead atoms. The highest BCUT2D eigenvalue weighted by Gasteiger charge is 2.55. The Labute approximate surface area is 141 Å². The van der Waals surface area contributed by atoms with Crippen LogP contribution in [0.25, 0.3) is 0 Å². The van der Waals surface area contributed by atoms with E-state index in [0.717, 1.165) is 9.87 Å². The van der Waals surface area contributed by atoms with Gasteiger partial charge in [0.25, 0.3) is 0 Å². The van der Waals surface area contributed by atoms with E-state index < -0.39 is 28.2 Å². The Morgan fingerprint density at radius 1 is 1.12 bits per heavy atom. The lowest BCUT2D eigenvalue weighted by Crippen LogP contribution is -2.48. The van der Waals surface area contributed by atoms with E-state index in [-0.39, 0.29) is 31.6 Å². The van der Waals surface area contributed by atoms with Gasteiger partial charge in [-0.3, -0.25) is 0 Å². The van der Waals surface area contributed by atoms with E-state index in [0.29, 0.717) is 5.82 Å². The molecule has 11 heteroatoms. The Morgan fingerprint density at radius 2 is 1.72 bits per heavy atom. The van der Waals surface area contributed by atoms with E-state index >= 15 is 0 Å². The van der Waals surface area contributed by atoms with Crippen molar-refractivity contribution in [2.24, 2.45) is 0 Å². The number of piperazine rings is 1. The third-order valence-electron chi connectivity index (χ3n) is 3.65. The van der Waals surface area contributed by atoms with Crippen molar-refractivity contribution in [3.63, 3.8) is 0 Å². The molecule has 1 aliphatic heterocycles. The number of halogens is 5. The maximum absolute atomic E-state index is 12.8. The molecule has 0 unspecified atom stereocenters. The van der Waals surface area contributed by atoms with Gasteiger partial charge in [-0.25, -0.2) is 13.4 Å². The predicted molar refractivity (Wildman–Crippen MR) is 81.8 cm³/mol. The highest BCUT2D eigenvalue weighted by Crippen LogP contribution is 2.36. The molecular weight excluding hydrogens is 369 g/mol. The summed E-state index contributed by atoms with van der Waals surface area (Å²) in [6, 6.07) is 3.61. The lowest BCUT2D eigenvalue weighted by Gasteiger charge is -2.34. The summed E-state index contributed by atoms with van der Waals surface area (Å²) in [5.74, 6) is -4.55. The first kappa shape index (κ1) is 19.6. The van der Waals surface area contributed by atoms with Crippen LogP contribution in [0.1, 0.15) is 5.56 Å². The van der Waals surface area contributed by atoms with Crippen molar-refractivity contribution in [3.05, 3.63) is 35.4 Å². The molecule has 1 aromatic rings. The molecule has 0 saturated carbocycles. The minimum absolute atomic E-state index is 0.0418. The first-order valence-electron chi connectivity index (χ1n) is 7.24. The number of hydrogen-bond acceptors (Lipinski definition) is 4. The van der Waals surface area contributed by atoms with Crippen LogP contribution in [0, 0.1) is 6.92 Å². The standard InChI is InChI=1S/C14H16F5N3O2S/c1-11-2-4-20-12(10-11)21-5-7-22(8-6-21)25(23,24)9-3-13(15,16)14(17,18)19/h2-4,9-10H,5-8H2,1H3. The van der Waals surface area contributed by atoms with Crippen molar-refractivity contribution in [2.45, 2.75) is 19.0 Å². The Hall–Kier alpha value is -1.75. The summed E-state index contributed by atoms with van der Waals surface area (Å²) in [4.78, 5) is 5.98. The van der Waals surface area contributed by atoms with Crippen molar-refractivity contribution in [3.8, 4) is 0 Å². The van der Waals surface area contributed by atoms with Gasteiger partial charge in [-0.1, -0.05) is 0 Å². The van der Waals surface area contributed by atoms with Gasteiger partial charge in [0.05, 0.1) is 0 Å². The molecule has 0 radical (unpaired) electrons. The van der Waals surface area contributed by atoms with Crippen LogP contribution in [0.4, 0.5) is 27.8 Å². The highest BCUT2D eigenvalue weighted by atomic mass is 32.2. The second-order valence-electron chi connectivity index (χ2n) is 5.55. The zero-order valence-corrected chi connectivity index (χ0v) is 14.0. The zero-order chi connectivity index (χ0) is 18.9. The van der Waals surface area contributed by atoms with E-state index in [1.165, 1.54) is 0 Å². The van der Waals surface area contributed by atoms with Gasteiger partial charge in [0, 0.05) is 43.9 Å². The summed E-state index contributed by atoms with van der Waals surface area (Å²) in [6.45, 7) is 2.29. The molecule has 0 aromatic carbocycles. The van der Waals surface area contributed by atoms with Crippen LogP contribution in [0.3, 0.4) is 0 Å². The lowest BCUT2D eigenvalue weighted by atomic mass is 10.2. The fourth-order valence-corrected chi connectivity index (χ4v) is 3.40. The molecule has 0 N–H and O–H groups in total. The molecule has 0 atom stereocenters. The topological polar surface area (TPSA) is 53.5 Å². The summed E-state index contributed by atoms with van der Waals surface area (Å²) in [6.07, 6.45) is -4.86. The number of pyridine rings is 1. The van der Waals surface area contributed by atoms with E-state index in [1.54, 1.807) is 12.3 Å². The molecule has 5 nitrogen and oxygen atoms in total. The van der Waals surface area contributed by atoms with Gasteiger partial charge >= 0.3 is 12.1 Å².